The first-order valence-electron chi connectivity index (χ1n) is 6.52. The number of thiophene rings is 1. The highest BCUT2D eigenvalue weighted by Gasteiger charge is 2.38. The molecule has 0 fully saturated rings. The maximum Gasteiger partial charge on any atom is 0.233 e. The molecular formula is C16H9NO4S. The Balaban J connectivity index is 1.97. The molecule has 2 heterocycles. The number of fused-ring (bicyclic) bond motifs is 2. The Labute approximate surface area is 129 Å². The molecule has 0 aliphatic heterocycles. The predicted molar refractivity (Wildman–Crippen MR) is 79.7 cm³/mol. The number of hydrogen-bond donors (Lipinski definition) is 0. The number of aromatic nitrogens is 1. The predicted octanol–water partition coefficient (Wildman–Crippen LogP) is 3.19. The second-order valence-electron chi connectivity index (χ2n) is 4.76. The van der Waals surface area contributed by atoms with Crippen LogP contribution in [0, 0.1) is 0 Å². The van der Waals surface area contributed by atoms with Crippen molar-refractivity contribution in [3.8, 4) is 17.0 Å². The number of benzene rings is 1. The van der Waals surface area contributed by atoms with Gasteiger partial charge in [-0.1, -0.05) is 17.3 Å². The van der Waals surface area contributed by atoms with Crippen molar-refractivity contribution in [2.75, 3.05) is 7.11 Å². The van der Waals surface area contributed by atoms with E-state index in [4.69, 9.17) is 9.26 Å². The number of carbonyl (C=O) groups is 2. The lowest BCUT2D eigenvalue weighted by atomic mass is 9.91. The number of para-hydroxylation sites is 1. The topological polar surface area (TPSA) is 69.4 Å². The van der Waals surface area contributed by atoms with E-state index in [0.717, 1.165) is 0 Å². The zero-order valence-corrected chi connectivity index (χ0v) is 12.3. The molecule has 4 rings (SSSR count). The Morgan fingerprint density at radius 1 is 1.09 bits per heavy atom. The van der Waals surface area contributed by atoms with Gasteiger partial charge in [-0.2, -0.15) is 0 Å². The summed E-state index contributed by atoms with van der Waals surface area (Å²) >= 11 is 1.25. The largest absolute Gasteiger partial charge is 0.496 e. The maximum absolute atomic E-state index is 12.7. The van der Waals surface area contributed by atoms with Crippen LogP contribution in [0.5, 0.6) is 5.75 Å². The highest BCUT2D eigenvalue weighted by atomic mass is 32.1. The fraction of sp³-hybridized carbons (Fsp3) is 0.0625. The molecule has 0 amide bonds. The van der Waals surface area contributed by atoms with Gasteiger partial charge in [-0.05, 0) is 23.6 Å². The van der Waals surface area contributed by atoms with Crippen LogP contribution in [0.15, 0.2) is 40.2 Å². The smallest absolute Gasteiger partial charge is 0.233 e. The highest BCUT2D eigenvalue weighted by molar-refractivity contribution is 7.12. The molecule has 6 heteroatoms. The third-order valence-electron chi connectivity index (χ3n) is 3.60. The van der Waals surface area contributed by atoms with Crippen molar-refractivity contribution in [1.82, 2.24) is 5.16 Å². The van der Waals surface area contributed by atoms with Gasteiger partial charge in [-0.25, -0.2) is 0 Å². The second kappa shape index (κ2) is 4.64. The van der Waals surface area contributed by atoms with Crippen LogP contribution in [0.1, 0.15) is 31.4 Å². The van der Waals surface area contributed by atoms with Gasteiger partial charge in [0.2, 0.25) is 17.3 Å². The van der Waals surface area contributed by atoms with Crippen LogP contribution in [0.25, 0.3) is 11.3 Å². The van der Waals surface area contributed by atoms with Crippen molar-refractivity contribution >= 4 is 22.9 Å². The summed E-state index contributed by atoms with van der Waals surface area (Å²) in [5.74, 6) is 0.0221. The van der Waals surface area contributed by atoms with E-state index < -0.39 is 0 Å². The second-order valence-corrected chi connectivity index (χ2v) is 5.67. The molecule has 0 saturated carbocycles. The van der Waals surface area contributed by atoms with Crippen LogP contribution in [0.4, 0.5) is 0 Å². The van der Waals surface area contributed by atoms with E-state index in [1.165, 1.54) is 18.4 Å². The van der Waals surface area contributed by atoms with E-state index in [9.17, 15) is 9.59 Å². The molecule has 0 spiro atoms. The molecular weight excluding hydrogens is 302 g/mol. The molecule has 22 heavy (non-hydrogen) atoms. The van der Waals surface area contributed by atoms with E-state index in [0.29, 0.717) is 27.4 Å². The maximum atomic E-state index is 12.7. The third-order valence-corrected chi connectivity index (χ3v) is 4.52. The van der Waals surface area contributed by atoms with Crippen molar-refractivity contribution in [3.05, 3.63) is 57.5 Å². The molecule has 0 unspecified atom stereocenters. The normalized spacial score (nSPS) is 13.0. The molecule has 2 aromatic heterocycles. The van der Waals surface area contributed by atoms with E-state index >= 15 is 0 Å². The zero-order valence-electron chi connectivity index (χ0n) is 11.5. The van der Waals surface area contributed by atoms with Gasteiger partial charge in [0.05, 0.1) is 12.0 Å². The Morgan fingerprint density at radius 3 is 2.73 bits per heavy atom. The minimum absolute atomic E-state index is 0.00296. The Hall–Kier alpha value is -2.73. The lowest BCUT2D eigenvalue weighted by molar-refractivity contribution is 0.0958. The molecule has 1 aliphatic rings. The average Bonchev–Trinajstić information content (AvgIpc) is 3.20. The lowest BCUT2D eigenvalue weighted by Crippen LogP contribution is -2.17. The first-order valence-corrected chi connectivity index (χ1v) is 7.40. The summed E-state index contributed by atoms with van der Waals surface area (Å²) in [7, 11) is 1.54. The van der Waals surface area contributed by atoms with Gasteiger partial charge in [0.15, 0.2) is 0 Å². The standard InChI is InChI=1S/C16H9NO4S/c1-20-10-5-3-2-4-8(10)12-11-14(19)16-9(6-7-22-16)13(18)15(11)21-17-12/h2-7H,1H3. The summed E-state index contributed by atoms with van der Waals surface area (Å²) in [5.41, 5.74) is 1.55. The fourth-order valence-corrected chi connectivity index (χ4v) is 3.42. The molecule has 0 N–H and O–H groups in total. The summed E-state index contributed by atoms with van der Waals surface area (Å²) in [6, 6.07) is 8.80. The quantitative estimate of drug-likeness (QED) is 0.568. The van der Waals surface area contributed by atoms with Crippen molar-refractivity contribution in [3.63, 3.8) is 0 Å². The van der Waals surface area contributed by atoms with Crippen molar-refractivity contribution in [1.29, 1.82) is 0 Å². The van der Waals surface area contributed by atoms with Crippen LogP contribution in [0.3, 0.4) is 0 Å². The van der Waals surface area contributed by atoms with Crippen molar-refractivity contribution < 1.29 is 18.8 Å². The van der Waals surface area contributed by atoms with Crippen LogP contribution in [0.2, 0.25) is 0 Å². The SMILES string of the molecule is COc1ccccc1-c1noc2c1C(=O)c1sccc1C2=O. The first kappa shape index (κ1) is 13.0. The molecule has 0 atom stereocenters. The van der Waals surface area contributed by atoms with Gasteiger partial charge < -0.3 is 9.26 Å². The van der Waals surface area contributed by atoms with Crippen molar-refractivity contribution in [2.45, 2.75) is 0 Å². The summed E-state index contributed by atoms with van der Waals surface area (Å²) in [6.07, 6.45) is 0. The van der Waals surface area contributed by atoms with Gasteiger partial charge in [-0.3, -0.25) is 9.59 Å². The number of ether oxygens (including phenoxy) is 1. The van der Waals surface area contributed by atoms with E-state index in [1.54, 1.807) is 23.6 Å². The summed E-state index contributed by atoms with van der Waals surface area (Å²) in [6.45, 7) is 0. The monoisotopic (exact) mass is 311 g/mol. The first-order chi connectivity index (χ1) is 10.7. The zero-order chi connectivity index (χ0) is 15.3. The minimum Gasteiger partial charge on any atom is -0.496 e. The van der Waals surface area contributed by atoms with Crippen molar-refractivity contribution in [2.24, 2.45) is 0 Å². The van der Waals surface area contributed by atoms with E-state index in [1.807, 2.05) is 12.1 Å². The molecule has 3 aromatic rings. The number of rotatable bonds is 2. The third kappa shape index (κ3) is 1.61. The van der Waals surface area contributed by atoms with Gasteiger partial charge in [0.25, 0.3) is 0 Å². The van der Waals surface area contributed by atoms with Gasteiger partial charge in [0, 0.05) is 11.1 Å². The number of methoxy groups -OCH3 is 1. The van der Waals surface area contributed by atoms with Crippen LogP contribution in [-0.4, -0.2) is 23.8 Å². The molecule has 0 bridgehead atoms. The van der Waals surface area contributed by atoms with Crippen LogP contribution < -0.4 is 4.74 Å². The lowest BCUT2D eigenvalue weighted by Gasteiger charge is -2.10. The minimum atomic E-state index is -0.306. The van der Waals surface area contributed by atoms with Gasteiger partial charge in [-0.15, -0.1) is 11.3 Å². The Morgan fingerprint density at radius 2 is 1.91 bits per heavy atom. The van der Waals surface area contributed by atoms with E-state index in [2.05, 4.69) is 5.16 Å². The summed E-state index contributed by atoms with van der Waals surface area (Å²) in [5, 5.41) is 5.67. The Bertz CT molecular complexity index is 922. The average molecular weight is 311 g/mol. The van der Waals surface area contributed by atoms with E-state index in [-0.39, 0.29) is 22.9 Å². The molecule has 5 nitrogen and oxygen atoms in total. The number of nitrogens with zero attached hydrogens (tertiary/aromatic N) is 1. The molecule has 0 saturated heterocycles. The Kier molecular flexibility index (Phi) is 2.74. The number of carbonyl (C=O) groups excluding carboxylic acids is 2. The summed E-state index contributed by atoms with van der Waals surface area (Å²) < 4.78 is 10.5. The number of ketones is 2. The molecule has 1 aliphatic carbocycles. The van der Waals surface area contributed by atoms with Gasteiger partial charge >= 0.3 is 0 Å². The van der Waals surface area contributed by atoms with Gasteiger partial charge in [0.1, 0.15) is 17.0 Å². The molecule has 108 valence electrons. The summed E-state index contributed by atoms with van der Waals surface area (Å²) in [4.78, 5) is 25.5. The molecule has 0 radical (unpaired) electrons. The highest BCUT2D eigenvalue weighted by Crippen LogP contribution is 2.38. The molecule has 1 aromatic carbocycles. The fourth-order valence-electron chi connectivity index (χ4n) is 2.58. The number of hydrogen-bond acceptors (Lipinski definition) is 6. The van der Waals surface area contributed by atoms with Crippen LogP contribution >= 0.6 is 11.3 Å². The van der Waals surface area contributed by atoms with Crippen LogP contribution in [-0.2, 0) is 0 Å².